The molecule has 10 heavy (non-hydrogen) atoms. The summed E-state index contributed by atoms with van der Waals surface area (Å²) in [6.45, 7) is 5.33. The van der Waals surface area contributed by atoms with Gasteiger partial charge in [-0.25, -0.2) is 0 Å². The van der Waals surface area contributed by atoms with Crippen molar-refractivity contribution in [1.82, 2.24) is 5.32 Å². The lowest BCUT2D eigenvalue weighted by Gasteiger charge is -2.19. The van der Waals surface area contributed by atoms with Gasteiger partial charge in [-0.15, -0.1) is 0 Å². The molecule has 0 fully saturated rings. The van der Waals surface area contributed by atoms with E-state index >= 15 is 0 Å². The number of rotatable bonds is 1. The second kappa shape index (κ2) is 3.62. The van der Waals surface area contributed by atoms with Crippen molar-refractivity contribution in [3.05, 3.63) is 12.3 Å². The summed E-state index contributed by atoms with van der Waals surface area (Å²) >= 11 is 0. The van der Waals surface area contributed by atoms with E-state index in [4.69, 9.17) is 4.74 Å². The van der Waals surface area contributed by atoms with E-state index in [9.17, 15) is 0 Å². The van der Waals surface area contributed by atoms with Gasteiger partial charge in [-0.1, -0.05) is 13.8 Å². The van der Waals surface area contributed by atoms with Crippen LogP contribution in [-0.2, 0) is 4.74 Å². The third kappa shape index (κ3) is 2.03. The summed E-state index contributed by atoms with van der Waals surface area (Å²) in [6, 6.07) is 0. The second-order valence-corrected chi connectivity index (χ2v) is 2.92. The molecule has 0 saturated heterocycles. The summed E-state index contributed by atoms with van der Waals surface area (Å²) < 4.78 is 5.37. The predicted octanol–water partition coefficient (Wildman–Crippen LogP) is 1.49. The molecule has 0 spiro atoms. The number of ether oxygens (including phenoxy) is 1. The third-order valence-electron chi connectivity index (χ3n) is 1.58. The van der Waals surface area contributed by atoms with Crippen LogP contribution in [0.25, 0.3) is 0 Å². The molecule has 2 heteroatoms. The zero-order valence-electron chi connectivity index (χ0n) is 6.63. The minimum Gasteiger partial charge on any atom is -0.483 e. The predicted molar refractivity (Wildman–Crippen MR) is 41.5 cm³/mol. The summed E-state index contributed by atoms with van der Waals surface area (Å²) in [5.74, 6) is 0.544. The van der Waals surface area contributed by atoms with Crippen molar-refractivity contribution in [2.45, 2.75) is 26.5 Å². The van der Waals surface area contributed by atoms with E-state index in [1.807, 2.05) is 0 Å². The van der Waals surface area contributed by atoms with E-state index in [2.05, 4.69) is 25.2 Å². The molecular formula is C8H15NO. The van der Waals surface area contributed by atoms with Crippen LogP contribution in [0.5, 0.6) is 0 Å². The molecule has 0 bridgehead atoms. The maximum absolute atomic E-state index is 5.37. The lowest BCUT2D eigenvalue weighted by atomic mass is 10.2. The Balaban J connectivity index is 2.37. The summed E-state index contributed by atoms with van der Waals surface area (Å²) in [5, 5.41) is 3.30. The fourth-order valence-electron chi connectivity index (χ4n) is 0.958. The van der Waals surface area contributed by atoms with Crippen molar-refractivity contribution >= 4 is 0 Å². The monoisotopic (exact) mass is 141 g/mol. The lowest BCUT2D eigenvalue weighted by molar-refractivity contribution is 0.0756. The highest BCUT2D eigenvalue weighted by atomic mass is 16.5. The van der Waals surface area contributed by atoms with Crippen molar-refractivity contribution in [3.63, 3.8) is 0 Å². The van der Waals surface area contributed by atoms with Gasteiger partial charge in [0, 0.05) is 12.5 Å². The first-order chi connectivity index (χ1) is 4.80. The molecule has 0 aliphatic carbocycles. The standard InChI is InChI=1S/C8H15NO/c1-7(2)8-9-5-3-4-6-10-8/h4,6-9H,3,5H2,1-2H3. The van der Waals surface area contributed by atoms with Crippen molar-refractivity contribution in [1.29, 1.82) is 0 Å². The van der Waals surface area contributed by atoms with Gasteiger partial charge in [0.15, 0.2) is 6.23 Å². The molecule has 1 N–H and O–H groups in total. The number of hydrogen-bond donors (Lipinski definition) is 1. The first-order valence-corrected chi connectivity index (χ1v) is 3.84. The van der Waals surface area contributed by atoms with Crippen molar-refractivity contribution in [2.75, 3.05) is 6.54 Å². The van der Waals surface area contributed by atoms with Crippen molar-refractivity contribution in [2.24, 2.45) is 5.92 Å². The molecule has 58 valence electrons. The molecule has 2 nitrogen and oxygen atoms in total. The highest BCUT2D eigenvalue weighted by Gasteiger charge is 2.12. The highest BCUT2D eigenvalue weighted by Crippen LogP contribution is 2.06. The van der Waals surface area contributed by atoms with Gasteiger partial charge in [-0.05, 0) is 12.5 Å². The zero-order valence-corrected chi connectivity index (χ0v) is 6.63. The minimum absolute atomic E-state index is 0.207. The molecule has 1 rings (SSSR count). The molecule has 0 aromatic heterocycles. The molecule has 0 aromatic rings. The fourth-order valence-corrected chi connectivity index (χ4v) is 0.958. The summed E-state index contributed by atoms with van der Waals surface area (Å²) in [4.78, 5) is 0. The Morgan fingerprint density at radius 2 is 2.40 bits per heavy atom. The molecule has 1 aliphatic rings. The van der Waals surface area contributed by atoms with Gasteiger partial charge in [0.2, 0.25) is 0 Å². The van der Waals surface area contributed by atoms with Gasteiger partial charge >= 0.3 is 0 Å². The maximum atomic E-state index is 5.37. The Kier molecular flexibility index (Phi) is 2.75. The Morgan fingerprint density at radius 1 is 1.60 bits per heavy atom. The Bertz CT molecular complexity index is 120. The SMILES string of the molecule is CC(C)C1NCCC=CO1. The van der Waals surface area contributed by atoms with Crippen LogP contribution in [0.2, 0.25) is 0 Å². The first kappa shape index (κ1) is 7.61. The molecule has 1 aliphatic heterocycles. The van der Waals surface area contributed by atoms with Crippen LogP contribution in [0.1, 0.15) is 20.3 Å². The molecule has 1 atom stereocenters. The van der Waals surface area contributed by atoms with Crippen LogP contribution in [-0.4, -0.2) is 12.8 Å². The molecule has 0 radical (unpaired) electrons. The van der Waals surface area contributed by atoms with E-state index < -0.39 is 0 Å². The van der Waals surface area contributed by atoms with E-state index in [0.717, 1.165) is 13.0 Å². The Labute approximate surface area is 62.3 Å². The Morgan fingerprint density at radius 3 is 3.10 bits per heavy atom. The van der Waals surface area contributed by atoms with Gasteiger partial charge in [0.05, 0.1) is 6.26 Å². The highest BCUT2D eigenvalue weighted by molar-refractivity contribution is 4.80. The van der Waals surface area contributed by atoms with Crippen molar-refractivity contribution in [3.8, 4) is 0 Å². The van der Waals surface area contributed by atoms with Crippen LogP contribution in [0.15, 0.2) is 12.3 Å². The van der Waals surface area contributed by atoms with Crippen LogP contribution in [0.3, 0.4) is 0 Å². The summed E-state index contributed by atoms with van der Waals surface area (Å²) in [6.07, 6.45) is 5.13. The van der Waals surface area contributed by atoms with Gasteiger partial charge < -0.3 is 4.74 Å². The minimum atomic E-state index is 0.207. The molecule has 1 unspecified atom stereocenters. The van der Waals surface area contributed by atoms with Crippen LogP contribution in [0, 0.1) is 5.92 Å². The van der Waals surface area contributed by atoms with Crippen LogP contribution < -0.4 is 5.32 Å². The molecular weight excluding hydrogens is 126 g/mol. The molecule has 0 amide bonds. The van der Waals surface area contributed by atoms with E-state index in [1.54, 1.807) is 6.26 Å². The normalized spacial score (nSPS) is 26.1. The van der Waals surface area contributed by atoms with Crippen LogP contribution >= 0.6 is 0 Å². The fraction of sp³-hybridized carbons (Fsp3) is 0.750. The first-order valence-electron chi connectivity index (χ1n) is 3.84. The van der Waals surface area contributed by atoms with E-state index in [-0.39, 0.29) is 6.23 Å². The van der Waals surface area contributed by atoms with Gasteiger partial charge in [-0.3, -0.25) is 5.32 Å². The van der Waals surface area contributed by atoms with Gasteiger partial charge in [0.1, 0.15) is 0 Å². The molecule has 1 heterocycles. The maximum Gasteiger partial charge on any atom is 0.151 e. The lowest BCUT2D eigenvalue weighted by Crippen LogP contribution is -2.34. The van der Waals surface area contributed by atoms with Crippen molar-refractivity contribution < 1.29 is 4.74 Å². The summed E-state index contributed by atoms with van der Waals surface area (Å²) in [7, 11) is 0. The average Bonchev–Trinajstić information content (AvgIpc) is 2.12. The van der Waals surface area contributed by atoms with E-state index in [1.165, 1.54) is 0 Å². The van der Waals surface area contributed by atoms with Gasteiger partial charge in [0.25, 0.3) is 0 Å². The number of hydrogen-bond acceptors (Lipinski definition) is 2. The van der Waals surface area contributed by atoms with E-state index in [0.29, 0.717) is 5.92 Å². The smallest absolute Gasteiger partial charge is 0.151 e. The summed E-state index contributed by atoms with van der Waals surface area (Å²) in [5.41, 5.74) is 0. The topological polar surface area (TPSA) is 21.3 Å². The average molecular weight is 141 g/mol. The largest absolute Gasteiger partial charge is 0.483 e. The molecule has 0 saturated carbocycles. The van der Waals surface area contributed by atoms with Gasteiger partial charge in [-0.2, -0.15) is 0 Å². The number of nitrogens with one attached hydrogen (secondary N) is 1. The second-order valence-electron chi connectivity index (χ2n) is 2.92. The third-order valence-corrected chi connectivity index (χ3v) is 1.58. The molecule has 0 aromatic carbocycles. The van der Waals surface area contributed by atoms with Crippen LogP contribution in [0.4, 0.5) is 0 Å². The quantitative estimate of drug-likeness (QED) is 0.597. The zero-order chi connectivity index (χ0) is 7.40. The Hall–Kier alpha value is -0.500.